The van der Waals surface area contributed by atoms with E-state index in [1.165, 1.54) is 0 Å². The number of Topliss-reactive ketones (excluding diaryl/α,β-unsaturated/α-hetero) is 1. The van der Waals surface area contributed by atoms with Crippen molar-refractivity contribution in [2.75, 3.05) is 5.32 Å². The van der Waals surface area contributed by atoms with Crippen LogP contribution >= 0.6 is 11.6 Å². The van der Waals surface area contributed by atoms with Gasteiger partial charge in [0.25, 0.3) is 0 Å². The van der Waals surface area contributed by atoms with Crippen LogP contribution in [-0.2, 0) is 0 Å². The van der Waals surface area contributed by atoms with Crippen LogP contribution in [0.25, 0.3) is 0 Å². The third-order valence-corrected chi connectivity index (χ3v) is 5.31. The summed E-state index contributed by atoms with van der Waals surface area (Å²) in [7, 11) is 0. The molecule has 0 aromatic heterocycles. The third-order valence-electron chi connectivity index (χ3n) is 5.00. The molecule has 22 heavy (non-hydrogen) atoms. The lowest BCUT2D eigenvalue weighted by Gasteiger charge is -2.22. The van der Waals surface area contributed by atoms with E-state index in [4.69, 9.17) is 11.6 Å². The minimum Gasteiger partial charge on any atom is -0.354 e. The Kier molecular flexibility index (Phi) is 3.42. The van der Waals surface area contributed by atoms with Gasteiger partial charge in [-0.25, -0.2) is 0 Å². The molecule has 2 aromatic carbocycles. The molecule has 0 saturated heterocycles. The van der Waals surface area contributed by atoms with E-state index in [-0.39, 0.29) is 5.92 Å². The predicted molar refractivity (Wildman–Crippen MR) is 90.2 cm³/mol. The largest absolute Gasteiger partial charge is 0.354 e. The van der Waals surface area contributed by atoms with Crippen LogP contribution in [0.5, 0.6) is 0 Å². The lowest BCUT2D eigenvalue weighted by atomic mass is 9.82. The predicted octanol–water partition coefficient (Wildman–Crippen LogP) is 5.55. The minimum absolute atomic E-state index is 0.211. The minimum atomic E-state index is 0.211. The molecule has 5 rings (SSSR count). The molecule has 1 saturated carbocycles. The van der Waals surface area contributed by atoms with Crippen LogP contribution < -0.4 is 5.32 Å². The first-order chi connectivity index (χ1) is 10.7. The molecule has 1 fully saturated rings. The maximum atomic E-state index is 12.7. The van der Waals surface area contributed by atoms with E-state index >= 15 is 0 Å². The first-order valence-electron chi connectivity index (χ1n) is 7.92. The van der Waals surface area contributed by atoms with E-state index < -0.39 is 0 Å². The molecule has 2 nitrogen and oxygen atoms in total. The second-order valence-corrected chi connectivity index (χ2v) is 6.73. The third kappa shape index (κ3) is 2.32. The average Bonchev–Trinajstić information content (AvgIpc) is 2.75. The zero-order valence-electron chi connectivity index (χ0n) is 12.3. The Labute approximate surface area is 135 Å². The van der Waals surface area contributed by atoms with Crippen LogP contribution in [0.3, 0.4) is 0 Å². The van der Waals surface area contributed by atoms with E-state index in [2.05, 4.69) is 5.32 Å². The smallest absolute Gasteiger partial charge is 0.166 e. The van der Waals surface area contributed by atoms with Crippen molar-refractivity contribution in [3.05, 3.63) is 58.6 Å². The van der Waals surface area contributed by atoms with Gasteiger partial charge in [-0.1, -0.05) is 29.8 Å². The van der Waals surface area contributed by atoms with Gasteiger partial charge in [0.2, 0.25) is 0 Å². The molecule has 0 atom stereocenters. The number of para-hydroxylation sites is 1. The molecule has 3 aliphatic carbocycles. The van der Waals surface area contributed by atoms with Gasteiger partial charge in [-0.15, -0.1) is 0 Å². The highest BCUT2D eigenvalue weighted by Crippen LogP contribution is 2.45. The standard InChI is InChI=1S/C19H18ClNO/c20-17-10-15-12-6-8-13(9-7-12)19(22)16(15)11-18(17)21-14-4-2-1-3-5-14/h1-5,10-13,21H,6-9H2. The summed E-state index contributed by atoms with van der Waals surface area (Å²) in [6, 6.07) is 13.9. The zero-order chi connectivity index (χ0) is 15.1. The number of carbonyl (C=O) groups excluding carboxylic acids is 1. The quantitative estimate of drug-likeness (QED) is 0.787. The summed E-state index contributed by atoms with van der Waals surface area (Å²) < 4.78 is 0. The number of fused-ring (bicyclic) bond motifs is 2. The number of halogens is 1. The maximum absolute atomic E-state index is 12.7. The number of nitrogens with one attached hydrogen (secondary N) is 1. The molecule has 0 unspecified atom stereocenters. The average molecular weight is 312 g/mol. The Balaban J connectivity index is 1.77. The number of benzene rings is 2. The first kappa shape index (κ1) is 13.8. The summed E-state index contributed by atoms with van der Waals surface area (Å²) in [6.45, 7) is 0. The van der Waals surface area contributed by atoms with Crippen LogP contribution in [-0.4, -0.2) is 5.78 Å². The zero-order valence-corrected chi connectivity index (χ0v) is 13.1. The Hall–Kier alpha value is -1.80. The molecule has 0 aliphatic heterocycles. The van der Waals surface area contributed by atoms with Crippen LogP contribution in [0.1, 0.15) is 47.5 Å². The van der Waals surface area contributed by atoms with Gasteiger partial charge in [-0.2, -0.15) is 0 Å². The van der Waals surface area contributed by atoms with Crippen LogP contribution in [0.4, 0.5) is 11.4 Å². The molecule has 112 valence electrons. The number of anilines is 2. The molecule has 3 heteroatoms. The lowest BCUT2D eigenvalue weighted by Crippen LogP contribution is -2.15. The molecule has 0 heterocycles. The summed E-state index contributed by atoms with van der Waals surface area (Å²) in [6.07, 6.45) is 4.28. The Morgan fingerprint density at radius 3 is 2.36 bits per heavy atom. The topological polar surface area (TPSA) is 29.1 Å². The molecule has 0 radical (unpaired) electrons. The van der Waals surface area contributed by atoms with E-state index in [1.54, 1.807) is 0 Å². The fourth-order valence-corrected chi connectivity index (χ4v) is 4.02. The number of hydrogen-bond donors (Lipinski definition) is 1. The Morgan fingerprint density at radius 1 is 0.955 bits per heavy atom. The van der Waals surface area contributed by atoms with Crippen molar-refractivity contribution in [2.45, 2.75) is 31.6 Å². The van der Waals surface area contributed by atoms with Gasteiger partial charge in [-0.05, 0) is 61.4 Å². The van der Waals surface area contributed by atoms with Crippen molar-refractivity contribution in [3.8, 4) is 0 Å². The Bertz CT molecular complexity index is 718. The summed E-state index contributed by atoms with van der Waals surface area (Å²) in [5.74, 6) is 1.02. The monoisotopic (exact) mass is 311 g/mol. The number of ketones is 1. The van der Waals surface area contributed by atoms with Crippen molar-refractivity contribution >= 4 is 28.8 Å². The van der Waals surface area contributed by atoms with E-state index in [0.29, 0.717) is 16.7 Å². The second kappa shape index (κ2) is 5.44. The van der Waals surface area contributed by atoms with Crippen molar-refractivity contribution in [1.29, 1.82) is 0 Å². The molecule has 2 aromatic rings. The van der Waals surface area contributed by atoms with Crippen molar-refractivity contribution in [2.24, 2.45) is 5.92 Å². The van der Waals surface area contributed by atoms with Gasteiger partial charge in [-0.3, -0.25) is 4.79 Å². The maximum Gasteiger partial charge on any atom is 0.166 e. The highest BCUT2D eigenvalue weighted by atomic mass is 35.5. The van der Waals surface area contributed by atoms with Crippen molar-refractivity contribution < 1.29 is 4.79 Å². The number of rotatable bonds is 2. The summed E-state index contributed by atoms with van der Waals surface area (Å²) >= 11 is 6.47. The Morgan fingerprint density at radius 2 is 1.64 bits per heavy atom. The summed E-state index contributed by atoms with van der Waals surface area (Å²) in [4.78, 5) is 12.7. The molecule has 2 bridgehead atoms. The molecular weight excluding hydrogens is 294 g/mol. The molecule has 0 amide bonds. The van der Waals surface area contributed by atoms with Crippen LogP contribution in [0.2, 0.25) is 5.02 Å². The molecule has 1 N–H and O–H groups in total. The highest BCUT2D eigenvalue weighted by Gasteiger charge is 2.35. The lowest BCUT2D eigenvalue weighted by molar-refractivity contribution is 0.0898. The highest BCUT2D eigenvalue weighted by molar-refractivity contribution is 6.33. The SMILES string of the molecule is O=C1c2cc(Nc3ccccc3)c(Cl)cc2C2CCC1CC2. The van der Waals surface area contributed by atoms with Crippen molar-refractivity contribution in [3.63, 3.8) is 0 Å². The van der Waals surface area contributed by atoms with Gasteiger partial charge < -0.3 is 5.32 Å². The molecule has 0 spiro atoms. The fraction of sp³-hybridized carbons (Fsp3) is 0.316. The van der Waals surface area contributed by atoms with Gasteiger partial charge in [0.15, 0.2) is 5.78 Å². The van der Waals surface area contributed by atoms with Crippen LogP contribution in [0.15, 0.2) is 42.5 Å². The van der Waals surface area contributed by atoms with Gasteiger partial charge in [0.1, 0.15) is 0 Å². The second-order valence-electron chi connectivity index (χ2n) is 6.32. The summed E-state index contributed by atoms with van der Waals surface area (Å²) in [5.41, 5.74) is 3.84. The molecular formula is C19H18ClNO. The van der Waals surface area contributed by atoms with Gasteiger partial charge in [0, 0.05) is 17.2 Å². The molecule has 3 aliphatic rings. The van der Waals surface area contributed by atoms with Crippen molar-refractivity contribution in [1.82, 2.24) is 0 Å². The first-order valence-corrected chi connectivity index (χ1v) is 8.30. The van der Waals surface area contributed by atoms with E-state index in [0.717, 1.165) is 48.2 Å². The van der Waals surface area contributed by atoms with Crippen LogP contribution in [0, 0.1) is 5.92 Å². The fourth-order valence-electron chi connectivity index (χ4n) is 3.80. The normalized spacial score (nSPS) is 23.0. The summed E-state index contributed by atoms with van der Waals surface area (Å²) in [5, 5.41) is 4.02. The number of carbonyl (C=O) groups is 1. The van der Waals surface area contributed by atoms with E-state index in [1.807, 2.05) is 42.5 Å². The van der Waals surface area contributed by atoms with Gasteiger partial charge >= 0.3 is 0 Å². The number of hydrogen-bond acceptors (Lipinski definition) is 2. The van der Waals surface area contributed by atoms with E-state index in [9.17, 15) is 4.79 Å². The van der Waals surface area contributed by atoms with Gasteiger partial charge in [0.05, 0.1) is 10.7 Å².